The van der Waals surface area contributed by atoms with Crippen LogP contribution in [-0.4, -0.2) is 50.8 Å². The van der Waals surface area contributed by atoms with Crippen molar-refractivity contribution in [1.82, 2.24) is 9.21 Å². The minimum atomic E-state index is -3.52. The molecule has 1 aliphatic rings. The predicted molar refractivity (Wildman–Crippen MR) is 117 cm³/mol. The topological polar surface area (TPSA) is 66.9 Å². The Morgan fingerprint density at radius 3 is 2.43 bits per heavy atom. The van der Waals surface area contributed by atoms with E-state index in [1.54, 1.807) is 41.6 Å². The molecule has 0 bridgehead atoms. The predicted octanol–water partition coefficient (Wildman–Crippen LogP) is 3.46. The SMILES string of the molecule is COc1ccc(S(=O)(=O)N2CCCCC2)cc1CCC(=O)N(C)Cc1ccccc1. The Hall–Kier alpha value is -2.38. The molecule has 1 saturated heterocycles. The van der Waals surface area contributed by atoms with Gasteiger partial charge in [0.1, 0.15) is 5.75 Å². The molecule has 0 radical (unpaired) electrons. The number of methoxy groups -OCH3 is 1. The van der Waals surface area contributed by atoms with Crippen molar-refractivity contribution >= 4 is 15.9 Å². The third-order valence-corrected chi connectivity index (χ3v) is 7.40. The summed E-state index contributed by atoms with van der Waals surface area (Å²) in [6.45, 7) is 1.67. The Morgan fingerprint density at radius 2 is 1.77 bits per heavy atom. The number of aryl methyl sites for hydroxylation is 1. The van der Waals surface area contributed by atoms with Crippen molar-refractivity contribution in [2.75, 3.05) is 27.2 Å². The number of carbonyl (C=O) groups is 1. The summed E-state index contributed by atoms with van der Waals surface area (Å²) in [4.78, 5) is 14.6. The van der Waals surface area contributed by atoms with Crippen molar-refractivity contribution in [3.8, 4) is 5.75 Å². The van der Waals surface area contributed by atoms with Crippen LogP contribution >= 0.6 is 0 Å². The lowest BCUT2D eigenvalue weighted by Gasteiger charge is -2.26. The molecule has 2 aromatic carbocycles. The zero-order valence-electron chi connectivity index (χ0n) is 17.7. The Balaban J connectivity index is 1.70. The van der Waals surface area contributed by atoms with Crippen molar-refractivity contribution in [2.24, 2.45) is 0 Å². The number of hydrogen-bond acceptors (Lipinski definition) is 4. The second-order valence-electron chi connectivity index (χ2n) is 7.67. The first kappa shape index (κ1) is 22.3. The van der Waals surface area contributed by atoms with Gasteiger partial charge in [0.2, 0.25) is 15.9 Å². The van der Waals surface area contributed by atoms with Gasteiger partial charge in [-0.1, -0.05) is 36.8 Å². The van der Waals surface area contributed by atoms with Gasteiger partial charge in [-0.25, -0.2) is 8.42 Å². The minimum Gasteiger partial charge on any atom is -0.496 e. The van der Waals surface area contributed by atoms with Crippen LogP contribution in [-0.2, 0) is 27.8 Å². The van der Waals surface area contributed by atoms with Crippen molar-refractivity contribution in [1.29, 1.82) is 0 Å². The lowest BCUT2D eigenvalue weighted by atomic mass is 10.1. The number of sulfonamides is 1. The lowest BCUT2D eigenvalue weighted by Crippen LogP contribution is -2.35. The molecule has 0 atom stereocenters. The first-order valence-electron chi connectivity index (χ1n) is 10.4. The van der Waals surface area contributed by atoms with E-state index in [1.165, 1.54) is 0 Å². The second kappa shape index (κ2) is 10.1. The van der Waals surface area contributed by atoms with Gasteiger partial charge in [0.15, 0.2) is 0 Å². The smallest absolute Gasteiger partial charge is 0.243 e. The van der Waals surface area contributed by atoms with Crippen LogP contribution in [0.5, 0.6) is 5.75 Å². The molecule has 0 saturated carbocycles. The maximum Gasteiger partial charge on any atom is 0.243 e. The molecule has 1 aliphatic heterocycles. The zero-order chi connectivity index (χ0) is 21.6. The summed E-state index contributed by atoms with van der Waals surface area (Å²) < 4.78 is 33.0. The molecule has 0 spiro atoms. The zero-order valence-corrected chi connectivity index (χ0v) is 18.5. The summed E-state index contributed by atoms with van der Waals surface area (Å²) in [7, 11) is -0.185. The molecule has 2 aromatic rings. The minimum absolute atomic E-state index is 0.00481. The Morgan fingerprint density at radius 1 is 1.07 bits per heavy atom. The molecule has 1 heterocycles. The average molecular weight is 431 g/mol. The van der Waals surface area contributed by atoms with Gasteiger partial charge in [-0.2, -0.15) is 4.31 Å². The van der Waals surface area contributed by atoms with Gasteiger partial charge >= 0.3 is 0 Å². The van der Waals surface area contributed by atoms with Gasteiger partial charge in [-0.15, -0.1) is 0 Å². The first-order chi connectivity index (χ1) is 14.4. The van der Waals surface area contributed by atoms with E-state index < -0.39 is 10.0 Å². The molecule has 3 rings (SSSR count). The summed E-state index contributed by atoms with van der Waals surface area (Å²) in [6, 6.07) is 14.8. The van der Waals surface area contributed by atoms with Gasteiger partial charge < -0.3 is 9.64 Å². The van der Waals surface area contributed by atoms with Crippen LogP contribution < -0.4 is 4.74 Å². The first-order valence-corrected chi connectivity index (χ1v) is 11.8. The monoisotopic (exact) mass is 430 g/mol. The van der Waals surface area contributed by atoms with E-state index in [9.17, 15) is 13.2 Å². The molecule has 0 aliphatic carbocycles. The van der Waals surface area contributed by atoms with Crippen LogP contribution in [0.1, 0.15) is 36.8 Å². The van der Waals surface area contributed by atoms with Crippen molar-refractivity contribution in [3.63, 3.8) is 0 Å². The highest BCUT2D eigenvalue weighted by atomic mass is 32.2. The number of ether oxygens (including phenoxy) is 1. The fraction of sp³-hybridized carbons (Fsp3) is 0.435. The van der Waals surface area contributed by atoms with Crippen LogP contribution in [0.4, 0.5) is 0 Å². The lowest BCUT2D eigenvalue weighted by molar-refractivity contribution is -0.130. The van der Waals surface area contributed by atoms with Gasteiger partial charge in [-0.3, -0.25) is 4.79 Å². The van der Waals surface area contributed by atoms with Crippen LogP contribution in [0.2, 0.25) is 0 Å². The number of carbonyl (C=O) groups excluding carboxylic acids is 1. The van der Waals surface area contributed by atoms with Crippen molar-refractivity contribution < 1.29 is 17.9 Å². The van der Waals surface area contributed by atoms with E-state index in [4.69, 9.17) is 4.74 Å². The molecule has 6 nitrogen and oxygen atoms in total. The van der Waals surface area contributed by atoms with Gasteiger partial charge in [0.25, 0.3) is 0 Å². The Bertz CT molecular complexity index is 954. The van der Waals surface area contributed by atoms with E-state index in [-0.39, 0.29) is 17.2 Å². The normalized spacial score (nSPS) is 15.0. The highest BCUT2D eigenvalue weighted by Crippen LogP contribution is 2.27. The fourth-order valence-electron chi connectivity index (χ4n) is 3.74. The molecule has 30 heavy (non-hydrogen) atoms. The summed E-state index contributed by atoms with van der Waals surface area (Å²) in [5.41, 5.74) is 1.80. The maximum atomic E-state index is 13.0. The standard InChI is InChI=1S/C23H30N2O4S/c1-24(18-19-9-5-3-6-10-19)23(26)14-11-20-17-21(12-13-22(20)29-2)30(27,28)25-15-7-4-8-16-25/h3,5-6,9-10,12-13,17H,4,7-8,11,14-16,18H2,1-2H3. The highest BCUT2D eigenvalue weighted by Gasteiger charge is 2.26. The number of piperidine rings is 1. The van der Waals surface area contributed by atoms with E-state index in [0.717, 1.165) is 30.4 Å². The summed E-state index contributed by atoms with van der Waals surface area (Å²) >= 11 is 0. The second-order valence-corrected chi connectivity index (χ2v) is 9.61. The fourth-order valence-corrected chi connectivity index (χ4v) is 5.31. The van der Waals surface area contributed by atoms with E-state index in [2.05, 4.69) is 0 Å². The average Bonchev–Trinajstić information content (AvgIpc) is 2.78. The largest absolute Gasteiger partial charge is 0.496 e. The maximum absolute atomic E-state index is 13.0. The number of nitrogens with zero attached hydrogens (tertiary/aromatic N) is 2. The van der Waals surface area contributed by atoms with Crippen molar-refractivity contribution in [3.05, 3.63) is 59.7 Å². The molecule has 0 unspecified atom stereocenters. The van der Waals surface area contributed by atoms with Crippen LogP contribution in [0.15, 0.2) is 53.4 Å². The summed E-state index contributed by atoms with van der Waals surface area (Å²) in [6.07, 6.45) is 3.56. The quantitative estimate of drug-likeness (QED) is 0.643. The molecular formula is C23H30N2O4S. The molecule has 0 N–H and O–H groups in total. The van der Waals surface area contributed by atoms with Crippen LogP contribution in [0, 0.1) is 0 Å². The Labute approximate surface area is 179 Å². The van der Waals surface area contributed by atoms with Gasteiger partial charge in [0.05, 0.1) is 12.0 Å². The van der Waals surface area contributed by atoms with E-state index in [0.29, 0.717) is 31.8 Å². The summed E-state index contributed by atoms with van der Waals surface area (Å²) in [5, 5.41) is 0. The Kier molecular flexibility index (Phi) is 7.50. The summed E-state index contributed by atoms with van der Waals surface area (Å²) in [5.74, 6) is 0.608. The number of rotatable bonds is 8. The van der Waals surface area contributed by atoms with E-state index in [1.807, 2.05) is 30.3 Å². The molecule has 1 fully saturated rings. The molecule has 0 aromatic heterocycles. The van der Waals surface area contributed by atoms with Crippen LogP contribution in [0.25, 0.3) is 0 Å². The number of benzene rings is 2. The molecule has 7 heteroatoms. The van der Waals surface area contributed by atoms with Gasteiger partial charge in [-0.05, 0) is 48.6 Å². The third-order valence-electron chi connectivity index (χ3n) is 5.50. The van der Waals surface area contributed by atoms with Crippen LogP contribution in [0.3, 0.4) is 0 Å². The third kappa shape index (κ3) is 5.40. The molecular weight excluding hydrogens is 400 g/mol. The van der Waals surface area contributed by atoms with Crippen molar-refractivity contribution in [2.45, 2.75) is 43.5 Å². The molecule has 1 amide bonds. The highest BCUT2D eigenvalue weighted by molar-refractivity contribution is 7.89. The molecule has 162 valence electrons. The number of hydrogen-bond donors (Lipinski definition) is 0. The van der Waals surface area contributed by atoms with E-state index >= 15 is 0 Å². The number of amides is 1. The van der Waals surface area contributed by atoms with Gasteiger partial charge in [0, 0.05) is 33.1 Å².